The number of unbranched alkanes of at least 4 members (excludes halogenated alkanes) is 22. The van der Waals surface area contributed by atoms with Crippen LogP contribution in [0.4, 0.5) is 0 Å². The molecule has 64 heavy (non-hydrogen) atoms. The Hall–Kier alpha value is -3.01. The van der Waals surface area contributed by atoms with Crippen LogP contribution in [0.15, 0.2) is 60.8 Å². The van der Waals surface area contributed by atoms with E-state index in [-0.39, 0.29) is 32.2 Å². The Morgan fingerprint density at radius 1 is 0.484 bits per heavy atom. The number of ether oxygens (including phenoxy) is 4. The molecule has 0 aromatic heterocycles. The molecule has 2 unspecified atom stereocenters. The highest BCUT2D eigenvalue weighted by atomic mass is 16.7. The zero-order valence-corrected chi connectivity index (χ0v) is 41.9. The highest BCUT2D eigenvalue weighted by molar-refractivity contribution is 5.70. The van der Waals surface area contributed by atoms with Crippen molar-refractivity contribution in [1.82, 2.24) is 0 Å². The van der Waals surface area contributed by atoms with Gasteiger partial charge in [-0.15, -0.1) is 0 Å². The quantitative estimate of drug-likeness (QED) is 0.0195. The number of rotatable bonds is 47. The van der Waals surface area contributed by atoms with Crippen molar-refractivity contribution in [2.24, 2.45) is 0 Å². The average Bonchev–Trinajstić information content (AvgIpc) is 3.26. The fourth-order valence-electron chi connectivity index (χ4n) is 7.03. The first-order chi connectivity index (χ1) is 31.1. The van der Waals surface area contributed by atoms with Crippen molar-refractivity contribution in [3.8, 4) is 0 Å². The fraction of sp³-hybridized carbons (Fsp3) is 0.764. The molecule has 370 valence electrons. The highest BCUT2D eigenvalue weighted by Gasteiger charge is 2.22. The number of esters is 2. The summed E-state index contributed by atoms with van der Waals surface area (Å²) in [5.74, 6) is -2.28. The number of quaternary nitrogens is 1. The molecule has 0 aliphatic heterocycles. The molecular formula is C55H97NO8. The van der Waals surface area contributed by atoms with Crippen LogP contribution in [0.25, 0.3) is 0 Å². The first-order valence-electron chi connectivity index (χ1n) is 25.9. The second kappa shape index (κ2) is 46.5. The molecule has 0 saturated heterocycles. The molecule has 0 bridgehead atoms. The molecule has 0 aromatic rings. The van der Waals surface area contributed by atoms with E-state index < -0.39 is 24.3 Å². The van der Waals surface area contributed by atoms with Gasteiger partial charge in [0.05, 0.1) is 40.3 Å². The Kier molecular flexibility index (Phi) is 44.3. The van der Waals surface area contributed by atoms with Gasteiger partial charge in [0.1, 0.15) is 13.2 Å². The summed E-state index contributed by atoms with van der Waals surface area (Å²) in [7, 11) is 5.91. The summed E-state index contributed by atoms with van der Waals surface area (Å²) in [5, 5.41) is 11.7. The van der Waals surface area contributed by atoms with Crippen LogP contribution in [0, 0.1) is 0 Å². The summed E-state index contributed by atoms with van der Waals surface area (Å²) in [6.07, 6.45) is 54.1. The summed E-state index contributed by atoms with van der Waals surface area (Å²) in [6, 6.07) is 0. The van der Waals surface area contributed by atoms with Crippen LogP contribution in [-0.2, 0) is 33.3 Å². The maximum absolute atomic E-state index is 12.8. The van der Waals surface area contributed by atoms with Gasteiger partial charge in [-0.1, -0.05) is 203 Å². The minimum absolute atomic E-state index is 0.147. The molecule has 2 atom stereocenters. The number of aliphatic carboxylic acids is 1. The average molecular weight is 900 g/mol. The lowest BCUT2D eigenvalue weighted by atomic mass is 10.0. The molecule has 0 aliphatic rings. The topological polar surface area (TPSA) is 111 Å². The maximum atomic E-state index is 12.8. The van der Waals surface area contributed by atoms with Crippen LogP contribution in [0.2, 0.25) is 0 Å². The molecule has 0 fully saturated rings. The van der Waals surface area contributed by atoms with Crippen LogP contribution >= 0.6 is 0 Å². The number of hydrogen-bond acceptors (Lipinski definition) is 8. The van der Waals surface area contributed by atoms with Crippen molar-refractivity contribution in [3.05, 3.63) is 60.8 Å². The van der Waals surface area contributed by atoms with Crippen molar-refractivity contribution in [2.45, 2.75) is 225 Å². The van der Waals surface area contributed by atoms with Gasteiger partial charge >= 0.3 is 11.9 Å². The number of nitrogens with zero attached hydrogens (tertiary/aromatic N) is 1. The molecule has 0 spiro atoms. The number of likely N-dealkylation sites (N-methyl/N-ethyl adjacent to an activating group) is 1. The SMILES string of the molecule is CC/C=C\C/C=C\C/C=C\C/C=C\C/C=C\CCCCCCCCCCCCCCCC(=O)OC(COC(=O)CCCCCCCCCCCC)COC(OCC[N+](C)(C)C)C(=O)[O-]. The standard InChI is InChI=1S/C55H97NO8/c1-6-8-10-12-14-16-18-19-20-21-22-23-24-25-26-27-28-29-30-31-32-33-34-35-36-38-40-42-44-46-53(58)64-51(50-63-55(54(59)60)61-48-47-56(3,4)5)49-62-52(57)45-43-41-39-37-17-15-13-11-9-7-2/h8,10,14,16,19-20,22-23,25-26,51,55H,6-7,9,11-13,15,17-18,21,24,27-50H2,1-5H3/b10-8-,16-14-,20-19-,23-22-,26-25-. The lowest BCUT2D eigenvalue weighted by Gasteiger charge is -2.26. The monoisotopic (exact) mass is 900 g/mol. The molecule has 0 N–H and O–H groups in total. The minimum atomic E-state index is -1.62. The lowest BCUT2D eigenvalue weighted by molar-refractivity contribution is -0.870. The first-order valence-corrected chi connectivity index (χ1v) is 25.9. The third kappa shape index (κ3) is 47.0. The lowest BCUT2D eigenvalue weighted by Crippen LogP contribution is -2.44. The zero-order chi connectivity index (χ0) is 47.0. The predicted molar refractivity (Wildman–Crippen MR) is 265 cm³/mol. The van der Waals surface area contributed by atoms with Crippen LogP contribution in [0.5, 0.6) is 0 Å². The van der Waals surface area contributed by atoms with Gasteiger partial charge in [0, 0.05) is 12.8 Å². The third-order valence-corrected chi connectivity index (χ3v) is 11.0. The van der Waals surface area contributed by atoms with E-state index in [2.05, 4.69) is 74.6 Å². The van der Waals surface area contributed by atoms with E-state index in [0.29, 0.717) is 23.9 Å². The van der Waals surface area contributed by atoms with Gasteiger partial charge in [-0.3, -0.25) is 9.59 Å². The number of carbonyl (C=O) groups excluding carboxylic acids is 3. The van der Waals surface area contributed by atoms with Gasteiger partial charge in [0.15, 0.2) is 12.4 Å². The molecule has 0 aliphatic carbocycles. The van der Waals surface area contributed by atoms with Gasteiger partial charge in [0.2, 0.25) is 0 Å². The van der Waals surface area contributed by atoms with E-state index in [1.54, 1.807) is 0 Å². The Morgan fingerprint density at radius 3 is 1.33 bits per heavy atom. The van der Waals surface area contributed by atoms with Gasteiger partial charge in [-0.2, -0.15) is 0 Å². The molecule has 0 saturated carbocycles. The van der Waals surface area contributed by atoms with Gasteiger partial charge < -0.3 is 33.3 Å². The first kappa shape index (κ1) is 61.0. The molecule has 9 nitrogen and oxygen atoms in total. The van der Waals surface area contributed by atoms with E-state index in [4.69, 9.17) is 18.9 Å². The summed E-state index contributed by atoms with van der Waals surface area (Å²) in [5.41, 5.74) is 0. The van der Waals surface area contributed by atoms with Crippen LogP contribution in [0.3, 0.4) is 0 Å². The molecule has 0 amide bonds. The van der Waals surface area contributed by atoms with E-state index in [9.17, 15) is 19.5 Å². The van der Waals surface area contributed by atoms with Crippen LogP contribution < -0.4 is 5.11 Å². The fourth-order valence-corrected chi connectivity index (χ4v) is 7.03. The molecule has 0 aromatic carbocycles. The van der Waals surface area contributed by atoms with E-state index in [1.807, 2.05) is 21.1 Å². The van der Waals surface area contributed by atoms with E-state index in [1.165, 1.54) is 109 Å². The summed E-state index contributed by atoms with van der Waals surface area (Å²) >= 11 is 0. The van der Waals surface area contributed by atoms with Crippen molar-refractivity contribution >= 4 is 17.9 Å². The Morgan fingerprint density at radius 2 is 0.891 bits per heavy atom. The number of carbonyl (C=O) groups is 3. The van der Waals surface area contributed by atoms with E-state index in [0.717, 1.165) is 70.6 Å². The van der Waals surface area contributed by atoms with Gasteiger partial charge in [-0.05, 0) is 57.8 Å². The number of carboxylic acid groups (broad SMARTS) is 1. The Labute approximate surface area is 393 Å². The third-order valence-electron chi connectivity index (χ3n) is 11.0. The molecule has 0 rings (SSSR count). The largest absolute Gasteiger partial charge is 0.545 e. The molecule has 0 heterocycles. The Bertz CT molecular complexity index is 1230. The number of allylic oxidation sites excluding steroid dienone is 10. The normalized spacial score (nSPS) is 13.3. The van der Waals surface area contributed by atoms with Crippen molar-refractivity contribution in [2.75, 3.05) is 47.5 Å². The van der Waals surface area contributed by atoms with Crippen LogP contribution in [0.1, 0.15) is 213 Å². The predicted octanol–water partition coefficient (Wildman–Crippen LogP) is 13.2. The summed E-state index contributed by atoms with van der Waals surface area (Å²) in [4.78, 5) is 37.0. The highest BCUT2D eigenvalue weighted by Crippen LogP contribution is 2.15. The minimum Gasteiger partial charge on any atom is -0.545 e. The van der Waals surface area contributed by atoms with Gasteiger partial charge in [0.25, 0.3) is 0 Å². The van der Waals surface area contributed by atoms with E-state index >= 15 is 0 Å². The summed E-state index contributed by atoms with van der Waals surface area (Å²) in [6.45, 7) is 4.62. The van der Waals surface area contributed by atoms with Crippen molar-refractivity contribution in [1.29, 1.82) is 0 Å². The number of carboxylic acids is 1. The Balaban J connectivity index is 4.17. The smallest absolute Gasteiger partial charge is 0.306 e. The maximum Gasteiger partial charge on any atom is 0.306 e. The number of hydrogen-bond donors (Lipinski definition) is 0. The molecule has 0 radical (unpaired) electrons. The second-order valence-electron chi connectivity index (χ2n) is 18.4. The van der Waals surface area contributed by atoms with Gasteiger partial charge in [-0.25, -0.2) is 0 Å². The van der Waals surface area contributed by atoms with Crippen molar-refractivity contribution in [3.63, 3.8) is 0 Å². The molecular weight excluding hydrogens is 803 g/mol. The van der Waals surface area contributed by atoms with Crippen molar-refractivity contribution < 1.29 is 42.9 Å². The van der Waals surface area contributed by atoms with Crippen LogP contribution in [-0.4, -0.2) is 82.3 Å². The molecule has 9 heteroatoms. The second-order valence-corrected chi connectivity index (χ2v) is 18.4. The zero-order valence-electron chi connectivity index (χ0n) is 41.9. The summed E-state index contributed by atoms with van der Waals surface area (Å²) < 4.78 is 22.6.